The molecule has 0 radical (unpaired) electrons. The summed E-state index contributed by atoms with van der Waals surface area (Å²) in [5, 5.41) is 15.4. The second kappa shape index (κ2) is 13.2. The lowest BCUT2D eigenvalue weighted by Crippen LogP contribution is -2.40. The van der Waals surface area contributed by atoms with Crippen molar-refractivity contribution in [1.82, 2.24) is 5.32 Å². The van der Waals surface area contributed by atoms with Crippen LogP contribution in [0.1, 0.15) is 42.6 Å². The Labute approximate surface area is 194 Å². The van der Waals surface area contributed by atoms with Crippen LogP contribution in [0.5, 0.6) is 5.75 Å². The fourth-order valence-electron chi connectivity index (χ4n) is 3.40. The molecular weight excluding hydrogens is 424 g/mol. The van der Waals surface area contributed by atoms with Gasteiger partial charge in [0.1, 0.15) is 11.8 Å². The highest BCUT2D eigenvalue weighted by Gasteiger charge is 2.25. The molecule has 0 heterocycles. The number of rotatable bonds is 14. The first-order valence-electron chi connectivity index (χ1n) is 11.0. The van der Waals surface area contributed by atoms with E-state index in [1.807, 2.05) is 31.2 Å². The van der Waals surface area contributed by atoms with Crippen LogP contribution in [0.2, 0.25) is 0 Å². The first-order valence-corrected chi connectivity index (χ1v) is 11.0. The summed E-state index contributed by atoms with van der Waals surface area (Å²) < 4.78 is 10.2. The Morgan fingerprint density at radius 3 is 2.39 bits per heavy atom. The summed E-state index contributed by atoms with van der Waals surface area (Å²) in [5.41, 5.74) is 1.90. The minimum Gasteiger partial charge on any atom is -0.494 e. The third-order valence-corrected chi connectivity index (χ3v) is 5.08. The maximum atomic E-state index is 13.2. The van der Waals surface area contributed by atoms with Gasteiger partial charge in [0.15, 0.2) is 5.78 Å². The second-order valence-electron chi connectivity index (χ2n) is 7.58. The molecule has 0 bridgehead atoms. The van der Waals surface area contributed by atoms with E-state index in [1.165, 1.54) is 7.11 Å². The minimum absolute atomic E-state index is 0.318. The Morgan fingerprint density at radius 1 is 1.06 bits per heavy atom. The first-order chi connectivity index (χ1) is 15.8. The van der Waals surface area contributed by atoms with Crippen molar-refractivity contribution < 1.29 is 29.0 Å². The molecule has 33 heavy (non-hydrogen) atoms. The molecule has 0 saturated carbocycles. The average molecular weight is 457 g/mol. The van der Waals surface area contributed by atoms with E-state index in [9.17, 15) is 19.5 Å². The zero-order chi connectivity index (χ0) is 24.2. The van der Waals surface area contributed by atoms with Gasteiger partial charge in [-0.2, -0.15) is 0 Å². The number of carbonyl (C=O) groups excluding carboxylic acids is 2. The van der Waals surface area contributed by atoms with E-state index in [4.69, 9.17) is 9.47 Å². The number of Topliss-reactive ketones (excluding diaryl/α,β-unsaturated/α-hetero) is 1. The second-order valence-corrected chi connectivity index (χ2v) is 7.58. The average Bonchev–Trinajstić information content (AvgIpc) is 2.81. The molecule has 2 atom stereocenters. The standard InChI is InChI=1S/C25H32N2O6/c1-4-33-19-13-11-18(12-14-19)8-7-15-26-22(16-23(28)29)24(30)20-9-5-6-10-21(20)27-17(2)25(31)32-3/h5-6,9-14,17,22,26-27H,4,7-8,15-16H2,1-3H3,(H,28,29)/t17?,22-/m0/s1. The molecule has 0 aliphatic heterocycles. The number of methoxy groups -OCH3 is 1. The predicted molar refractivity (Wildman–Crippen MR) is 126 cm³/mol. The lowest BCUT2D eigenvalue weighted by atomic mass is 9.99. The van der Waals surface area contributed by atoms with Gasteiger partial charge < -0.3 is 25.2 Å². The highest BCUT2D eigenvalue weighted by Crippen LogP contribution is 2.20. The topological polar surface area (TPSA) is 114 Å². The van der Waals surface area contributed by atoms with Crippen molar-refractivity contribution >= 4 is 23.4 Å². The number of hydrogen-bond acceptors (Lipinski definition) is 7. The Kier molecular flexibility index (Phi) is 10.4. The Bertz CT molecular complexity index is 929. The van der Waals surface area contributed by atoms with Gasteiger partial charge in [0, 0.05) is 11.3 Å². The van der Waals surface area contributed by atoms with Crippen LogP contribution < -0.4 is 15.4 Å². The molecule has 8 nitrogen and oxygen atoms in total. The first kappa shape index (κ1) is 25.9. The van der Waals surface area contributed by atoms with Crippen molar-refractivity contribution in [1.29, 1.82) is 0 Å². The molecule has 0 aliphatic carbocycles. The zero-order valence-corrected chi connectivity index (χ0v) is 19.3. The molecule has 3 N–H and O–H groups in total. The van der Waals surface area contributed by atoms with Gasteiger partial charge in [0.05, 0.1) is 26.2 Å². The number of para-hydroxylation sites is 1. The summed E-state index contributed by atoms with van der Waals surface area (Å²) in [7, 11) is 1.29. The molecule has 0 fully saturated rings. The summed E-state index contributed by atoms with van der Waals surface area (Å²) in [6, 6.07) is 13.0. The van der Waals surface area contributed by atoms with E-state index >= 15 is 0 Å². The highest BCUT2D eigenvalue weighted by molar-refractivity contribution is 6.06. The Morgan fingerprint density at radius 2 is 1.76 bits per heavy atom. The third-order valence-electron chi connectivity index (χ3n) is 5.08. The van der Waals surface area contributed by atoms with Crippen molar-refractivity contribution in [2.75, 3.05) is 25.6 Å². The van der Waals surface area contributed by atoms with Gasteiger partial charge in [-0.3, -0.25) is 9.59 Å². The molecule has 2 aromatic rings. The number of hydrogen-bond donors (Lipinski definition) is 3. The Hall–Kier alpha value is -3.39. The normalized spacial score (nSPS) is 12.5. The van der Waals surface area contributed by atoms with Crippen LogP contribution in [-0.4, -0.2) is 55.2 Å². The number of nitrogens with one attached hydrogen (secondary N) is 2. The molecule has 8 heteroatoms. The fourth-order valence-corrected chi connectivity index (χ4v) is 3.40. The van der Waals surface area contributed by atoms with Gasteiger partial charge in [0.2, 0.25) is 0 Å². The quantitative estimate of drug-likeness (QED) is 0.225. The van der Waals surface area contributed by atoms with Crippen LogP contribution in [-0.2, 0) is 20.7 Å². The number of esters is 1. The third kappa shape index (κ3) is 8.23. The number of carboxylic acid groups (broad SMARTS) is 1. The van der Waals surface area contributed by atoms with E-state index in [0.29, 0.717) is 24.4 Å². The van der Waals surface area contributed by atoms with E-state index in [2.05, 4.69) is 10.6 Å². The number of benzene rings is 2. The summed E-state index contributed by atoms with van der Waals surface area (Å²) in [4.78, 5) is 36.3. The van der Waals surface area contributed by atoms with E-state index in [1.54, 1.807) is 31.2 Å². The maximum absolute atomic E-state index is 13.2. The van der Waals surface area contributed by atoms with Crippen LogP contribution in [0.4, 0.5) is 5.69 Å². The van der Waals surface area contributed by atoms with Gasteiger partial charge in [-0.15, -0.1) is 0 Å². The van der Waals surface area contributed by atoms with Crippen molar-refractivity contribution in [2.24, 2.45) is 0 Å². The van der Waals surface area contributed by atoms with Gasteiger partial charge in [0.25, 0.3) is 0 Å². The number of aliphatic carboxylic acids is 1. The van der Waals surface area contributed by atoms with Crippen LogP contribution in [0.25, 0.3) is 0 Å². The predicted octanol–water partition coefficient (Wildman–Crippen LogP) is 3.31. The number of ketones is 1. The molecule has 1 unspecified atom stereocenters. The van der Waals surface area contributed by atoms with E-state index in [-0.39, 0.29) is 12.2 Å². The molecule has 178 valence electrons. The van der Waals surface area contributed by atoms with Crippen molar-refractivity contribution in [2.45, 2.75) is 45.2 Å². The van der Waals surface area contributed by atoms with Crippen molar-refractivity contribution in [3.8, 4) is 5.75 Å². The number of carboxylic acids is 1. The van der Waals surface area contributed by atoms with Crippen LogP contribution in [0, 0.1) is 0 Å². The lowest BCUT2D eigenvalue weighted by molar-refractivity contribution is -0.141. The fraction of sp³-hybridized carbons (Fsp3) is 0.400. The molecule has 0 aliphatic rings. The number of carbonyl (C=O) groups is 3. The number of ether oxygens (including phenoxy) is 2. The molecule has 2 rings (SSSR count). The SMILES string of the molecule is CCOc1ccc(CCCN[C@@H](CC(=O)O)C(=O)c2ccccc2NC(C)C(=O)OC)cc1. The molecule has 0 spiro atoms. The molecule has 0 aromatic heterocycles. The summed E-state index contributed by atoms with van der Waals surface area (Å²) in [6.45, 7) is 4.65. The maximum Gasteiger partial charge on any atom is 0.327 e. The number of anilines is 1. The summed E-state index contributed by atoms with van der Waals surface area (Å²) in [5.74, 6) is -1.06. The van der Waals surface area contributed by atoms with E-state index in [0.717, 1.165) is 24.2 Å². The lowest BCUT2D eigenvalue weighted by Gasteiger charge is -2.20. The van der Waals surface area contributed by atoms with Gasteiger partial charge in [-0.05, 0) is 63.1 Å². The molecule has 2 aromatic carbocycles. The molecule has 0 saturated heterocycles. The molecular formula is C25H32N2O6. The zero-order valence-electron chi connectivity index (χ0n) is 19.3. The van der Waals surface area contributed by atoms with Crippen LogP contribution in [0.3, 0.4) is 0 Å². The number of aryl methyl sites for hydroxylation is 1. The van der Waals surface area contributed by atoms with Gasteiger partial charge in [-0.25, -0.2) is 4.79 Å². The smallest absolute Gasteiger partial charge is 0.327 e. The monoisotopic (exact) mass is 456 g/mol. The van der Waals surface area contributed by atoms with Gasteiger partial charge >= 0.3 is 11.9 Å². The van der Waals surface area contributed by atoms with E-state index < -0.39 is 24.0 Å². The summed E-state index contributed by atoms with van der Waals surface area (Å²) >= 11 is 0. The van der Waals surface area contributed by atoms with Crippen LogP contribution in [0.15, 0.2) is 48.5 Å². The van der Waals surface area contributed by atoms with Crippen LogP contribution >= 0.6 is 0 Å². The van der Waals surface area contributed by atoms with Gasteiger partial charge in [-0.1, -0.05) is 24.3 Å². The highest BCUT2D eigenvalue weighted by atomic mass is 16.5. The van der Waals surface area contributed by atoms with Crippen molar-refractivity contribution in [3.05, 3.63) is 59.7 Å². The summed E-state index contributed by atoms with van der Waals surface area (Å²) in [6.07, 6.45) is 1.17. The largest absolute Gasteiger partial charge is 0.494 e. The minimum atomic E-state index is -1.07. The Balaban J connectivity index is 2.02. The van der Waals surface area contributed by atoms with Crippen molar-refractivity contribution in [3.63, 3.8) is 0 Å². The molecule has 0 amide bonds.